The van der Waals surface area contributed by atoms with E-state index in [0.717, 1.165) is 30.2 Å². The predicted molar refractivity (Wildman–Crippen MR) is 87.5 cm³/mol. The molecule has 0 saturated heterocycles. The van der Waals surface area contributed by atoms with Crippen LogP contribution in [-0.4, -0.2) is 46.4 Å². The molecule has 0 aromatic heterocycles. The zero-order chi connectivity index (χ0) is 15.7. The third-order valence-electron chi connectivity index (χ3n) is 2.97. The number of methoxy groups -OCH3 is 2. The molecule has 0 aliphatic carbocycles. The van der Waals surface area contributed by atoms with Crippen LogP contribution in [-0.2, 0) is 11.2 Å². The van der Waals surface area contributed by atoms with Crippen molar-refractivity contribution in [1.29, 1.82) is 0 Å². The van der Waals surface area contributed by atoms with E-state index in [0.29, 0.717) is 11.6 Å². The Morgan fingerprint density at radius 1 is 1.38 bits per heavy atom. The highest BCUT2D eigenvalue weighted by atomic mass is 35.5. The SMILES string of the molecule is CN=C(NCCc1ccc(OC)cc1Cl)NC(C)COC. The summed E-state index contributed by atoms with van der Waals surface area (Å²) in [7, 11) is 5.05. The fourth-order valence-corrected chi connectivity index (χ4v) is 2.16. The molecule has 0 radical (unpaired) electrons. The number of hydrogen-bond acceptors (Lipinski definition) is 3. The van der Waals surface area contributed by atoms with E-state index in [-0.39, 0.29) is 6.04 Å². The maximum Gasteiger partial charge on any atom is 0.191 e. The minimum atomic E-state index is 0.200. The Balaban J connectivity index is 2.44. The van der Waals surface area contributed by atoms with Crippen LogP contribution in [0.5, 0.6) is 5.75 Å². The lowest BCUT2D eigenvalue weighted by Gasteiger charge is -2.17. The summed E-state index contributed by atoms with van der Waals surface area (Å²) in [5.41, 5.74) is 1.07. The zero-order valence-electron chi connectivity index (χ0n) is 13.1. The van der Waals surface area contributed by atoms with Crippen LogP contribution in [0, 0.1) is 0 Å². The van der Waals surface area contributed by atoms with Crippen LogP contribution < -0.4 is 15.4 Å². The standard InChI is InChI=1S/C15H24ClN3O2/c1-11(10-20-3)19-15(17-2)18-8-7-12-5-6-13(21-4)9-14(12)16/h5-6,9,11H,7-8,10H2,1-4H3,(H2,17,18,19). The number of ether oxygens (including phenoxy) is 2. The smallest absolute Gasteiger partial charge is 0.191 e. The molecule has 0 fully saturated rings. The van der Waals surface area contributed by atoms with Crippen molar-refractivity contribution in [2.45, 2.75) is 19.4 Å². The van der Waals surface area contributed by atoms with Gasteiger partial charge in [0, 0.05) is 31.8 Å². The van der Waals surface area contributed by atoms with Gasteiger partial charge in [0.15, 0.2) is 5.96 Å². The van der Waals surface area contributed by atoms with Crippen molar-refractivity contribution in [3.63, 3.8) is 0 Å². The Morgan fingerprint density at radius 3 is 2.71 bits per heavy atom. The van der Waals surface area contributed by atoms with E-state index >= 15 is 0 Å². The molecule has 2 N–H and O–H groups in total. The van der Waals surface area contributed by atoms with Gasteiger partial charge in [0.2, 0.25) is 0 Å². The average Bonchev–Trinajstić information content (AvgIpc) is 2.47. The van der Waals surface area contributed by atoms with E-state index in [1.165, 1.54) is 0 Å². The Kier molecular flexibility index (Phi) is 7.93. The lowest BCUT2D eigenvalue weighted by atomic mass is 10.1. The molecule has 1 unspecified atom stereocenters. The Bertz CT molecular complexity index is 466. The van der Waals surface area contributed by atoms with Crippen molar-refractivity contribution in [2.24, 2.45) is 4.99 Å². The van der Waals surface area contributed by atoms with E-state index in [2.05, 4.69) is 15.6 Å². The van der Waals surface area contributed by atoms with E-state index in [1.807, 2.05) is 25.1 Å². The summed E-state index contributed by atoms with van der Waals surface area (Å²) in [6.07, 6.45) is 0.808. The molecule has 118 valence electrons. The number of aliphatic imine (C=N–C) groups is 1. The molecular formula is C15H24ClN3O2. The Hall–Kier alpha value is -1.46. The summed E-state index contributed by atoms with van der Waals surface area (Å²) >= 11 is 6.21. The maximum atomic E-state index is 6.21. The molecule has 0 spiro atoms. The molecule has 0 saturated carbocycles. The molecule has 0 bridgehead atoms. The molecule has 21 heavy (non-hydrogen) atoms. The molecule has 1 aromatic rings. The lowest BCUT2D eigenvalue weighted by Crippen LogP contribution is -2.44. The van der Waals surface area contributed by atoms with Crippen molar-refractivity contribution in [3.8, 4) is 5.75 Å². The van der Waals surface area contributed by atoms with Crippen LogP contribution >= 0.6 is 11.6 Å². The van der Waals surface area contributed by atoms with E-state index in [1.54, 1.807) is 21.3 Å². The third kappa shape index (κ3) is 6.23. The summed E-state index contributed by atoms with van der Waals surface area (Å²) in [6, 6.07) is 5.91. The fourth-order valence-electron chi connectivity index (χ4n) is 1.89. The van der Waals surface area contributed by atoms with Crippen molar-refractivity contribution in [2.75, 3.05) is 34.4 Å². The first-order valence-corrected chi connectivity index (χ1v) is 7.27. The van der Waals surface area contributed by atoms with Gasteiger partial charge in [0.05, 0.1) is 13.7 Å². The summed E-state index contributed by atoms with van der Waals surface area (Å²) in [4.78, 5) is 4.18. The summed E-state index contributed by atoms with van der Waals surface area (Å²) < 4.78 is 10.2. The normalized spacial score (nSPS) is 12.9. The quantitative estimate of drug-likeness (QED) is 0.598. The Morgan fingerprint density at radius 2 is 2.14 bits per heavy atom. The van der Waals surface area contributed by atoms with E-state index in [9.17, 15) is 0 Å². The maximum absolute atomic E-state index is 6.21. The minimum Gasteiger partial charge on any atom is -0.497 e. The highest BCUT2D eigenvalue weighted by Crippen LogP contribution is 2.22. The number of benzene rings is 1. The number of hydrogen-bond donors (Lipinski definition) is 2. The van der Waals surface area contributed by atoms with Crippen molar-refractivity contribution in [3.05, 3.63) is 28.8 Å². The van der Waals surface area contributed by atoms with Crippen LogP contribution in [0.25, 0.3) is 0 Å². The highest BCUT2D eigenvalue weighted by Gasteiger charge is 2.06. The first-order chi connectivity index (χ1) is 10.1. The van der Waals surface area contributed by atoms with Gasteiger partial charge in [-0.1, -0.05) is 17.7 Å². The molecule has 5 nitrogen and oxygen atoms in total. The minimum absolute atomic E-state index is 0.200. The summed E-state index contributed by atoms with van der Waals surface area (Å²) in [5.74, 6) is 1.52. The van der Waals surface area contributed by atoms with Gasteiger partial charge in [-0.3, -0.25) is 4.99 Å². The van der Waals surface area contributed by atoms with E-state index in [4.69, 9.17) is 21.1 Å². The van der Waals surface area contributed by atoms with Gasteiger partial charge in [0.1, 0.15) is 5.75 Å². The number of nitrogens with one attached hydrogen (secondary N) is 2. The molecule has 1 rings (SSSR count). The second kappa shape index (κ2) is 9.47. The van der Waals surface area contributed by atoms with Gasteiger partial charge in [-0.05, 0) is 31.0 Å². The number of nitrogens with zero attached hydrogens (tertiary/aromatic N) is 1. The van der Waals surface area contributed by atoms with Gasteiger partial charge in [0.25, 0.3) is 0 Å². The number of halogens is 1. The average molecular weight is 314 g/mol. The third-order valence-corrected chi connectivity index (χ3v) is 3.32. The van der Waals surface area contributed by atoms with Crippen molar-refractivity contribution >= 4 is 17.6 Å². The molecule has 1 atom stereocenters. The Labute approximate surface area is 131 Å². The first-order valence-electron chi connectivity index (χ1n) is 6.89. The molecule has 0 amide bonds. The van der Waals surface area contributed by atoms with Crippen LogP contribution in [0.3, 0.4) is 0 Å². The predicted octanol–water partition coefficient (Wildman–Crippen LogP) is 2.09. The van der Waals surface area contributed by atoms with Crippen LogP contribution in [0.1, 0.15) is 12.5 Å². The van der Waals surface area contributed by atoms with Crippen molar-refractivity contribution < 1.29 is 9.47 Å². The topological polar surface area (TPSA) is 54.9 Å². The second-order valence-electron chi connectivity index (χ2n) is 4.71. The molecule has 6 heteroatoms. The number of rotatable bonds is 7. The molecule has 1 aromatic carbocycles. The zero-order valence-corrected chi connectivity index (χ0v) is 13.8. The van der Waals surface area contributed by atoms with Gasteiger partial charge in [-0.2, -0.15) is 0 Å². The van der Waals surface area contributed by atoms with E-state index < -0.39 is 0 Å². The molecular weight excluding hydrogens is 290 g/mol. The largest absolute Gasteiger partial charge is 0.497 e. The first kappa shape index (κ1) is 17.6. The highest BCUT2D eigenvalue weighted by molar-refractivity contribution is 6.31. The van der Waals surface area contributed by atoms with Gasteiger partial charge in [-0.25, -0.2) is 0 Å². The summed E-state index contributed by atoms with van der Waals surface area (Å²) in [5, 5.41) is 7.22. The lowest BCUT2D eigenvalue weighted by molar-refractivity contribution is 0.179. The van der Waals surface area contributed by atoms with Crippen LogP contribution in [0.15, 0.2) is 23.2 Å². The second-order valence-corrected chi connectivity index (χ2v) is 5.11. The van der Waals surface area contributed by atoms with Crippen molar-refractivity contribution in [1.82, 2.24) is 10.6 Å². The molecule has 0 aliphatic heterocycles. The van der Waals surface area contributed by atoms with Gasteiger partial charge >= 0.3 is 0 Å². The summed E-state index contributed by atoms with van der Waals surface area (Å²) in [6.45, 7) is 3.41. The monoisotopic (exact) mass is 313 g/mol. The van der Waals surface area contributed by atoms with Crippen LogP contribution in [0.2, 0.25) is 5.02 Å². The van der Waals surface area contributed by atoms with Crippen LogP contribution in [0.4, 0.5) is 0 Å². The number of guanidine groups is 1. The molecule has 0 heterocycles. The molecule has 0 aliphatic rings. The fraction of sp³-hybridized carbons (Fsp3) is 0.533. The van der Waals surface area contributed by atoms with Gasteiger partial charge in [-0.15, -0.1) is 0 Å². The van der Waals surface area contributed by atoms with Gasteiger partial charge < -0.3 is 20.1 Å².